The van der Waals surface area contributed by atoms with Crippen LogP contribution < -0.4 is 10.6 Å². The summed E-state index contributed by atoms with van der Waals surface area (Å²) in [5.74, 6) is 3.15. The Bertz CT molecular complexity index is 1000. The van der Waals surface area contributed by atoms with Crippen molar-refractivity contribution in [3.63, 3.8) is 0 Å². The van der Waals surface area contributed by atoms with Crippen LogP contribution in [-0.4, -0.2) is 37.7 Å². The second kappa shape index (κ2) is 5.76. The largest absolute Gasteiger partial charge is 0.373 e. The fraction of sp³-hybridized carbons (Fsp3) is 0.389. The molecule has 8 nitrogen and oxygen atoms in total. The number of pyridine rings is 2. The highest BCUT2D eigenvalue weighted by atomic mass is 16.2. The van der Waals surface area contributed by atoms with Gasteiger partial charge >= 0.3 is 0 Å². The molecule has 4 heterocycles. The Balaban J connectivity index is 1.62. The van der Waals surface area contributed by atoms with Crippen LogP contribution in [0.15, 0.2) is 18.5 Å². The zero-order valence-corrected chi connectivity index (χ0v) is 14.5. The van der Waals surface area contributed by atoms with Crippen molar-refractivity contribution < 1.29 is 4.79 Å². The lowest BCUT2D eigenvalue weighted by Crippen LogP contribution is -2.14. The lowest BCUT2D eigenvalue weighted by molar-refractivity contribution is -0.117. The fourth-order valence-electron chi connectivity index (χ4n) is 3.39. The molecule has 2 N–H and O–H groups in total. The molecule has 1 fully saturated rings. The fourth-order valence-corrected chi connectivity index (χ4v) is 3.39. The van der Waals surface area contributed by atoms with Crippen LogP contribution in [0.1, 0.15) is 25.1 Å². The number of nitrogens with zero attached hydrogens (tertiary/aromatic N) is 5. The molecule has 8 heteroatoms. The average molecular weight is 349 g/mol. The van der Waals surface area contributed by atoms with Gasteiger partial charge in [0.25, 0.3) is 0 Å². The Morgan fingerprint density at radius 2 is 2.12 bits per heavy atom. The van der Waals surface area contributed by atoms with E-state index in [4.69, 9.17) is 0 Å². The van der Waals surface area contributed by atoms with Crippen LogP contribution in [0.25, 0.3) is 22.2 Å². The lowest BCUT2D eigenvalue weighted by Gasteiger charge is -2.10. The SMILES string of the molecule is CNc1ncc(-c2nc3n(n2)CCC3)c2cc(NC(=O)C3CC3)ncc12. The molecule has 0 radical (unpaired) electrons. The van der Waals surface area contributed by atoms with Gasteiger partial charge in [-0.15, -0.1) is 0 Å². The van der Waals surface area contributed by atoms with Crippen LogP contribution in [-0.2, 0) is 17.8 Å². The zero-order valence-electron chi connectivity index (χ0n) is 14.5. The third-order valence-corrected chi connectivity index (χ3v) is 4.97. The first-order valence-corrected chi connectivity index (χ1v) is 8.94. The van der Waals surface area contributed by atoms with Gasteiger partial charge in [0.15, 0.2) is 5.82 Å². The molecule has 0 saturated heterocycles. The number of rotatable bonds is 4. The van der Waals surface area contributed by atoms with E-state index in [2.05, 4.69) is 30.7 Å². The first kappa shape index (κ1) is 15.2. The molecular weight excluding hydrogens is 330 g/mol. The Kier molecular flexibility index (Phi) is 3.37. The summed E-state index contributed by atoms with van der Waals surface area (Å²) in [5.41, 5.74) is 0.852. The molecule has 1 aliphatic carbocycles. The molecule has 0 spiro atoms. The molecule has 2 aliphatic rings. The number of aryl methyl sites for hydroxylation is 2. The summed E-state index contributed by atoms with van der Waals surface area (Å²) < 4.78 is 1.96. The number of fused-ring (bicyclic) bond motifs is 2. The smallest absolute Gasteiger partial charge is 0.228 e. The van der Waals surface area contributed by atoms with Crippen LogP contribution in [0.2, 0.25) is 0 Å². The zero-order chi connectivity index (χ0) is 17.7. The van der Waals surface area contributed by atoms with Crippen LogP contribution >= 0.6 is 0 Å². The second-order valence-corrected chi connectivity index (χ2v) is 6.83. The molecule has 3 aromatic heterocycles. The number of amides is 1. The molecule has 1 aliphatic heterocycles. The Labute approximate surface area is 150 Å². The highest BCUT2D eigenvalue weighted by molar-refractivity contribution is 6.03. The van der Waals surface area contributed by atoms with E-state index in [9.17, 15) is 4.79 Å². The highest BCUT2D eigenvalue weighted by Gasteiger charge is 2.30. The van der Waals surface area contributed by atoms with Crippen LogP contribution in [0, 0.1) is 5.92 Å². The van der Waals surface area contributed by atoms with E-state index < -0.39 is 0 Å². The van der Waals surface area contributed by atoms with Gasteiger partial charge in [-0.05, 0) is 25.3 Å². The summed E-state index contributed by atoms with van der Waals surface area (Å²) in [6.45, 7) is 0.909. The normalized spacial score (nSPS) is 15.9. The first-order chi connectivity index (χ1) is 12.7. The molecule has 5 rings (SSSR count). The van der Waals surface area contributed by atoms with Crippen LogP contribution in [0.4, 0.5) is 11.6 Å². The molecule has 0 bridgehead atoms. The first-order valence-electron chi connectivity index (χ1n) is 8.94. The Morgan fingerprint density at radius 1 is 1.23 bits per heavy atom. The summed E-state index contributed by atoms with van der Waals surface area (Å²) >= 11 is 0. The van der Waals surface area contributed by atoms with Crippen molar-refractivity contribution in [3.05, 3.63) is 24.3 Å². The monoisotopic (exact) mass is 349 g/mol. The summed E-state index contributed by atoms with van der Waals surface area (Å²) in [4.78, 5) is 25.6. The van der Waals surface area contributed by atoms with Gasteiger partial charge in [0.1, 0.15) is 17.5 Å². The number of hydrogen-bond donors (Lipinski definition) is 2. The van der Waals surface area contributed by atoms with E-state index in [0.717, 1.165) is 60.2 Å². The molecule has 3 aromatic rings. The van der Waals surface area contributed by atoms with Crippen molar-refractivity contribution in [1.29, 1.82) is 0 Å². The van der Waals surface area contributed by atoms with Gasteiger partial charge in [-0.3, -0.25) is 4.79 Å². The van der Waals surface area contributed by atoms with Crippen molar-refractivity contribution in [2.24, 2.45) is 5.92 Å². The Morgan fingerprint density at radius 3 is 2.88 bits per heavy atom. The van der Waals surface area contributed by atoms with Crippen molar-refractivity contribution in [3.8, 4) is 11.4 Å². The minimum absolute atomic E-state index is 0.0420. The number of hydrogen-bond acceptors (Lipinski definition) is 6. The number of carbonyl (C=O) groups excluding carboxylic acids is 1. The molecule has 132 valence electrons. The van der Waals surface area contributed by atoms with Gasteiger partial charge in [-0.25, -0.2) is 19.6 Å². The van der Waals surface area contributed by atoms with Crippen molar-refractivity contribution in [2.75, 3.05) is 17.7 Å². The van der Waals surface area contributed by atoms with Gasteiger partial charge < -0.3 is 10.6 Å². The maximum Gasteiger partial charge on any atom is 0.228 e. The van der Waals surface area contributed by atoms with Crippen molar-refractivity contribution in [2.45, 2.75) is 32.2 Å². The summed E-state index contributed by atoms with van der Waals surface area (Å²) in [5, 5.41) is 12.4. The predicted molar refractivity (Wildman–Crippen MR) is 97.8 cm³/mol. The molecular formula is C18H19N7O. The van der Waals surface area contributed by atoms with Gasteiger partial charge in [0.05, 0.1) is 0 Å². The maximum atomic E-state index is 12.1. The summed E-state index contributed by atoms with van der Waals surface area (Å²) in [7, 11) is 1.83. The third kappa shape index (κ3) is 2.49. The van der Waals surface area contributed by atoms with E-state index in [1.54, 1.807) is 12.4 Å². The quantitative estimate of drug-likeness (QED) is 0.749. The molecule has 0 unspecified atom stereocenters. The maximum absolute atomic E-state index is 12.1. The summed E-state index contributed by atoms with van der Waals surface area (Å²) in [6, 6.07) is 1.89. The van der Waals surface area contributed by atoms with E-state index >= 15 is 0 Å². The van der Waals surface area contributed by atoms with Gasteiger partial charge in [-0.1, -0.05) is 0 Å². The number of nitrogens with one attached hydrogen (secondary N) is 2. The molecule has 1 saturated carbocycles. The van der Waals surface area contributed by atoms with E-state index in [1.807, 2.05) is 17.8 Å². The summed E-state index contributed by atoms with van der Waals surface area (Å²) in [6.07, 6.45) is 7.49. The minimum atomic E-state index is 0.0420. The predicted octanol–water partition coefficient (Wildman–Crippen LogP) is 2.22. The molecule has 1 amide bonds. The van der Waals surface area contributed by atoms with Crippen molar-refractivity contribution in [1.82, 2.24) is 24.7 Å². The molecule has 0 atom stereocenters. The van der Waals surface area contributed by atoms with Crippen LogP contribution in [0.5, 0.6) is 0 Å². The minimum Gasteiger partial charge on any atom is -0.373 e. The number of aromatic nitrogens is 5. The highest BCUT2D eigenvalue weighted by Crippen LogP contribution is 2.33. The average Bonchev–Trinajstić information content (AvgIpc) is 3.29. The Hall–Kier alpha value is -3.03. The van der Waals surface area contributed by atoms with Crippen molar-refractivity contribution >= 4 is 28.3 Å². The molecule has 26 heavy (non-hydrogen) atoms. The topological polar surface area (TPSA) is 97.6 Å². The standard InChI is InChI=1S/C18H19N7O/c1-19-16-12-8-20-14(22-18(26)10-4-5-10)7-11(12)13(9-21-16)17-23-15-3-2-6-25(15)24-17/h7-10H,2-6H2,1H3,(H,19,21)(H,20,22,26). The van der Waals surface area contributed by atoms with Gasteiger partial charge in [0, 0.05) is 54.7 Å². The van der Waals surface area contributed by atoms with Gasteiger partial charge in [0.2, 0.25) is 5.91 Å². The second-order valence-electron chi connectivity index (χ2n) is 6.83. The molecule has 0 aromatic carbocycles. The third-order valence-electron chi connectivity index (χ3n) is 4.97. The van der Waals surface area contributed by atoms with E-state index in [1.165, 1.54) is 0 Å². The van der Waals surface area contributed by atoms with Gasteiger partial charge in [-0.2, -0.15) is 5.10 Å². The number of carbonyl (C=O) groups is 1. The van der Waals surface area contributed by atoms with E-state index in [0.29, 0.717) is 11.6 Å². The van der Waals surface area contributed by atoms with E-state index in [-0.39, 0.29) is 11.8 Å². The van der Waals surface area contributed by atoms with Crippen LogP contribution in [0.3, 0.4) is 0 Å². The lowest BCUT2D eigenvalue weighted by atomic mass is 10.1. The number of anilines is 2.